The Labute approximate surface area is 84.3 Å². The Morgan fingerprint density at radius 2 is 2.43 bits per heavy atom. The van der Waals surface area contributed by atoms with E-state index in [-0.39, 0.29) is 11.9 Å². The number of nitrogens with zero attached hydrogens (tertiary/aromatic N) is 2. The molecule has 14 heavy (non-hydrogen) atoms. The predicted molar refractivity (Wildman–Crippen MR) is 55.2 cm³/mol. The zero-order valence-corrected chi connectivity index (χ0v) is 8.73. The molecule has 1 aromatic heterocycles. The van der Waals surface area contributed by atoms with Gasteiger partial charge in [0.25, 0.3) is 5.91 Å². The molecule has 78 valence electrons. The highest BCUT2D eigenvalue weighted by atomic mass is 16.2. The summed E-state index contributed by atoms with van der Waals surface area (Å²) in [7, 11) is 0. The number of hydrogen-bond donors (Lipinski definition) is 1. The number of unbranched alkanes of at least 4 members (excludes halogenated alkanes) is 1. The molecule has 4 heteroatoms. The maximum atomic E-state index is 11.6. The molecule has 1 rings (SSSR count). The lowest BCUT2D eigenvalue weighted by molar-refractivity contribution is 0.0852. The van der Waals surface area contributed by atoms with Crippen molar-refractivity contribution in [3.8, 4) is 0 Å². The molecule has 1 unspecified atom stereocenters. The Bertz CT molecular complexity index is 269. The Morgan fingerprint density at radius 3 is 3.00 bits per heavy atom. The zero-order valence-electron chi connectivity index (χ0n) is 8.73. The van der Waals surface area contributed by atoms with Crippen LogP contribution in [0, 0.1) is 0 Å². The van der Waals surface area contributed by atoms with Crippen LogP contribution in [-0.2, 0) is 0 Å². The average Bonchev–Trinajstić information content (AvgIpc) is 2.69. The van der Waals surface area contributed by atoms with E-state index in [0.717, 1.165) is 19.4 Å². The molecule has 0 aliphatic rings. The molecule has 0 aliphatic heterocycles. The summed E-state index contributed by atoms with van der Waals surface area (Å²) < 4.78 is 1.36. The van der Waals surface area contributed by atoms with E-state index in [1.54, 1.807) is 18.5 Å². The second kappa shape index (κ2) is 5.54. The van der Waals surface area contributed by atoms with Crippen molar-refractivity contribution in [3.05, 3.63) is 18.5 Å². The van der Waals surface area contributed by atoms with E-state index in [0.29, 0.717) is 0 Å². The molecule has 0 aliphatic carbocycles. The Morgan fingerprint density at radius 1 is 1.64 bits per heavy atom. The van der Waals surface area contributed by atoms with Crippen molar-refractivity contribution in [2.45, 2.75) is 32.7 Å². The lowest BCUT2D eigenvalue weighted by Gasteiger charge is -2.11. The normalized spacial score (nSPS) is 12.7. The van der Waals surface area contributed by atoms with Crippen LogP contribution < -0.4 is 5.32 Å². The number of carbonyl (C=O) groups is 1. The van der Waals surface area contributed by atoms with Gasteiger partial charge in [0.2, 0.25) is 0 Å². The maximum absolute atomic E-state index is 11.6. The zero-order chi connectivity index (χ0) is 10.4. The van der Waals surface area contributed by atoms with Gasteiger partial charge in [0.05, 0.1) is 6.04 Å². The first-order valence-electron chi connectivity index (χ1n) is 5.03. The first kappa shape index (κ1) is 10.9. The van der Waals surface area contributed by atoms with E-state index in [1.807, 2.05) is 6.92 Å². The molecule has 4 nitrogen and oxygen atoms in total. The molecule has 0 spiro atoms. The minimum Gasteiger partial charge on any atom is -0.306 e. The monoisotopic (exact) mass is 195 g/mol. The smallest absolute Gasteiger partial charge is 0.263 e. The van der Waals surface area contributed by atoms with Crippen LogP contribution in [0.1, 0.15) is 31.5 Å². The van der Waals surface area contributed by atoms with Crippen LogP contribution >= 0.6 is 0 Å². The first-order chi connectivity index (χ1) is 6.75. The maximum Gasteiger partial charge on any atom is 0.263 e. The summed E-state index contributed by atoms with van der Waals surface area (Å²) in [5.41, 5.74) is 0. The van der Waals surface area contributed by atoms with Gasteiger partial charge in [-0.1, -0.05) is 13.3 Å². The van der Waals surface area contributed by atoms with Gasteiger partial charge in [0.1, 0.15) is 0 Å². The Balaban J connectivity index is 2.37. The molecule has 0 aromatic carbocycles. The van der Waals surface area contributed by atoms with Crippen molar-refractivity contribution in [3.63, 3.8) is 0 Å². The fourth-order valence-corrected chi connectivity index (χ4v) is 1.18. The van der Waals surface area contributed by atoms with E-state index in [1.165, 1.54) is 4.68 Å². The summed E-state index contributed by atoms with van der Waals surface area (Å²) in [6.45, 7) is 4.87. The third-order valence-corrected chi connectivity index (χ3v) is 2.08. The predicted octanol–water partition coefficient (Wildman–Crippen LogP) is 1.30. The Kier molecular flexibility index (Phi) is 4.32. The molecular formula is C10H17N3O. The lowest BCUT2D eigenvalue weighted by atomic mass is 10.3. The summed E-state index contributed by atoms with van der Waals surface area (Å²) >= 11 is 0. The highest BCUT2D eigenvalue weighted by Crippen LogP contribution is 1.92. The molecule has 1 N–H and O–H groups in total. The van der Waals surface area contributed by atoms with Crippen LogP contribution in [-0.4, -0.2) is 28.3 Å². The number of aromatic nitrogens is 2. The van der Waals surface area contributed by atoms with E-state index in [4.69, 9.17) is 0 Å². The van der Waals surface area contributed by atoms with E-state index in [2.05, 4.69) is 17.3 Å². The van der Waals surface area contributed by atoms with Crippen molar-refractivity contribution < 1.29 is 4.79 Å². The highest BCUT2D eigenvalue weighted by molar-refractivity contribution is 5.82. The summed E-state index contributed by atoms with van der Waals surface area (Å²) in [4.78, 5) is 11.6. The van der Waals surface area contributed by atoms with Crippen molar-refractivity contribution >= 4 is 5.91 Å². The molecule has 0 bridgehead atoms. The largest absolute Gasteiger partial charge is 0.306 e. The molecular weight excluding hydrogens is 178 g/mol. The number of nitrogens with one attached hydrogen (secondary N) is 1. The van der Waals surface area contributed by atoms with Crippen molar-refractivity contribution in [2.75, 3.05) is 6.54 Å². The van der Waals surface area contributed by atoms with Gasteiger partial charge >= 0.3 is 0 Å². The number of carbonyl (C=O) groups excluding carboxylic acids is 1. The van der Waals surface area contributed by atoms with Crippen LogP contribution in [0.25, 0.3) is 0 Å². The van der Waals surface area contributed by atoms with Gasteiger partial charge in [-0.15, -0.1) is 0 Å². The Hall–Kier alpha value is -1.16. The molecule has 0 saturated carbocycles. The minimum atomic E-state index is -0.165. The molecule has 0 fully saturated rings. The van der Waals surface area contributed by atoms with Crippen LogP contribution in [0.15, 0.2) is 18.5 Å². The highest BCUT2D eigenvalue weighted by Gasteiger charge is 2.13. The fourth-order valence-electron chi connectivity index (χ4n) is 1.18. The molecule has 0 saturated heterocycles. The third kappa shape index (κ3) is 2.96. The van der Waals surface area contributed by atoms with Gasteiger partial charge in [0, 0.05) is 12.4 Å². The topological polar surface area (TPSA) is 46.9 Å². The van der Waals surface area contributed by atoms with Crippen molar-refractivity contribution in [1.29, 1.82) is 0 Å². The van der Waals surface area contributed by atoms with E-state index in [9.17, 15) is 4.79 Å². The molecule has 0 amide bonds. The van der Waals surface area contributed by atoms with E-state index >= 15 is 0 Å². The van der Waals surface area contributed by atoms with Gasteiger partial charge in [-0.25, -0.2) is 4.68 Å². The number of hydrogen-bond acceptors (Lipinski definition) is 3. The summed E-state index contributed by atoms with van der Waals surface area (Å²) in [5, 5.41) is 7.05. The van der Waals surface area contributed by atoms with Gasteiger partial charge in [-0.2, -0.15) is 5.10 Å². The first-order valence-corrected chi connectivity index (χ1v) is 5.03. The molecule has 1 aromatic rings. The van der Waals surface area contributed by atoms with Crippen molar-refractivity contribution in [1.82, 2.24) is 15.1 Å². The summed E-state index contributed by atoms with van der Waals surface area (Å²) in [6, 6.07) is 1.58. The van der Waals surface area contributed by atoms with Gasteiger partial charge in [-0.05, 0) is 26.0 Å². The van der Waals surface area contributed by atoms with Crippen LogP contribution in [0.2, 0.25) is 0 Å². The quantitative estimate of drug-likeness (QED) is 0.720. The molecule has 1 atom stereocenters. The van der Waals surface area contributed by atoms with Crippen LogP contribution in [0.5, 0.6) is 0 Å². The van der Waals surface area contributed by atoms with Crippen molar-refractivity contribution in [2.24, 2.45) is 0 Å². The van der Waals surface area contributed by atoms with E-state index < -0.39 is 0 Å². The summed E-state index contributed by atoms with van der Waals surface area (Å²) in [6.07, 6.45) is 5.50. The fraction of sp³-hybridized carbons (Fsp3) is 0.600. The second-order valence-corrected chi connectivity index (χ2v) is 3.32. The van der Waals surface area contributed by atoms with Gasteiger partial charge in [-0.3, -0.25) is 4.79 Å². The standard InChI is InChI=1S/C10H17N3O/c1-3-4-6-11-9(2)10(14)13-8-5-7-12-13/h5,7-9,11H,3-4,6H2,1-2H3. The van der Waals surface area contributed by atoms with Crippen LogP contribution in [0.4, 0.5) is 0 Å². The molecule has 1 heterocycles. The minimum absolute atomic E-state index is 0.00824. The van der Waals surface area contributed by atoms with Gasteiger partial charge < -0.3 is 5.32 Å². The number of rotatable bonds is 5. The SMILES string of the molecule is CCCCNC(C)C(=O)n1cccn1. The average molecular weight is 195 g/mol. The summed E-state index contributed by atoms with van der Waals surface area (Å²) in [5.74, 6) is -0.00824. The molecule has 0 radical (unpaired) electrons. The third-order valence-electron chi connectivity index (χ3n) is 2.08. The second-order valence-electron chi connectivity index (χ2n) is 3.32. The van der Waals surface area contributed by atoms with Gasteiger partial charge in [0.15, 0.2) is 0 Å². The van der Waals surface area contributed by atoms with Crippen LogP contribution in [0.3, 0.4) is 0 Å². The lowest BCUT2D eigenvalue weighted by Crippen LogP contribution is -2.38.